The Morgan fingerprint density at radius 3 is 1.66 bits per heavy atom. The number of methoxy groups -OCH3 is 2. The molecular formula is C25H22N2O2. The summed E-state index contributed by atoms with van der Waals surface area (Å²) in [5.41, 5.74) is 5.86. The van der Waals surface area contributed by atoms with Gasteiger partial charge in [-0.25, -0.2) is 0 Å². The molecule has 2 aromatic heterocycles. The highest BCUT2D eigenvalue weighted by Gasteiger charge is 2.23. The molecule has 0 fully saturated rings. The predicted octanol–water partition coefficient (Wildman–Crippen LogP) is 5.85. The van der Waals surface area contributed by atoms with E-state index in [0.29, 0.717) is 0 Å². The van der Waals surface area contributed by atoms with Gasteiger partial charge in [-0.05, 0) is 53.1 Å². The van der Waals surface area contributed by atoms with Crippen LogP contribution in [0.4, 0.5) is 0 Å². The Hall–Kier alpha value is -3.66. The van der Waals surface area contributed by atoms with Gasteiger partial charge in [0.05, 0.1) is 14.2 Å². The summed E-state index contributed by atoms with van der Waals surface area (Å²) in [6.45, 7) is 0. The van der Waals surface area contributed by atoms with Crippen LogP contribution in [0.5, 0.6) is 11.5 Å². The summed E-state index contributed by atoms with van der Waals surface area (Å²) in [7, 11) is 3.40. The highest BCUT2D eigenvalue weighted by atomic mass is 16.5. The van der Waals surface area contributed by atoms with Crippen molar-refractivity contribution in [2.75, 3.05) is 14.2 Å². The number of benzene rings is 3. The summed E-state index contributed by atoms with van der Waals surface area (Å²) in [5.74, 6) is 1.77. The number of rotatable bonds is 5. The monoisotopic (exact) mass is 382 g/mol. The molecule has 0 amide bonds. The first-order chi connectivity index (χ1) is 14.3. The van der Waals surface area contributed by atoms with Crippen LogP contribution in [0.25, 0.3) is 21.8 Å². The highest BCUT2D eigenvalue weighted by molar-refractivity contribution is 5.90. The minimum absolute atomic E-state index is 0.0675. The molecule has 29 heavy (non-hydrogen) atoms. The SMILES string of the molecule is COc1ccc2[nH]cc(C(c3ccccc3)c3c[nH]c4ccc(OC)cc34)c2c1. The average Bonchev–Trinajstić information content (AvgIpc) is 3.39. The van der Waals surface area contributed by atoms with E-state index in [4.69, 9.17) is 9.47 Å². The smallest absolute Gasteiger partial charge is 0.119 e. The average molecular weight is 382 g/mol. The first-order valence-electron chi connectivity index (χ1n) is 9.63. The van der Waals surface area contributed by atoms with Crippen LogP contribution in [0.2, 0.25) is 0 Å². The number of nitrogens with one attached hydrogen (secondary N) is 2. The molecule has 5 aromatic rings. The Kier molecular flexibility index (Phi) is 4.24. The number of aromatic nitrogens is 2. The number of hydrogen-bond acceptors (Lipinski definition) is 2. The van der Waals surface area contributed by atoms with E-state index < -0.39 is 0 Å². The minimum atomic E-state index is 0.0675. The molecule has 2 heterocycles. The minimum Gasteiger partial charge on any atom is -0.497 e. The fraction of sp³-hybridized carbons (Fsp3) is 0.120. The molecule has 2 N–H and O–H groups in total. The van der Waals surface area contributed by atoms with Gasteiger partial charge in [0.15, 0.2) is 0 Å². The van der Waals surface area contributed by atoms with E-state index in [1.165, 1.54) is 16.7 Å². The topological polar surface area (TPSA) is 50.0 Å². The van der Waals surface area contributed by atoms with E-state index in [0.717, 1.165) is 33.3 Å². The first kappa shape index (κ1) is 17.4. The maximum absolute atomic E-state index is 5.49. The summed E-state index contributed by atoms with van der Waals surface area (Å²) >= 11 is 0. The van der Waals surface area contributed by atoms with Crippen LogP contribution < -0.4 is 9.47 Å². The fourth-order valence-electron chi connectivity index (χ4n) is 4.15. The summed E-state index contributed by atoms with van der Waals surface area (Å²) in [5, 5.41) is 2.32. The molecule has 0 aliphatic heterocycles. The van der Waals surface area contributed by atoms with Crippen molar-refractivity contribution in [2.24, 2.45) is 0 Å². The fourth-order valence-corrected chi connectivity index (χ4v) is 4.15. The van der Waals surface area contributed by atoms with Gasteiger partial charge in [0.2, 0.25) is 0 Å². The molecule has 0 saturated carbocycles. The second-order valence-electron chi connectivity index (χ2n) is 7.15. The third-order valence-electron chi connectivity index (χ3n) is 5.60. The van der Waals surface area contributed by atoms with Crippen LogP contribution in [0.1, 0.15) is 22.6 Å². The Morgan fingerprint density at radius 1 is 0.655 bits per heavy atom. The normalized spacial score (nSPS) is 11.4. The molecule has 0 atom stereocenters. The molecule has 3 aromatic carbocycles. The molecule has 144 valence electrons. The second kappa shape index (κ2) is 7.06. The van der Waals surface area contributed by atoms with Gasteiger partial charge in [0, 0.05) is 40.1 Å². The highest BCUT2D eigenvalue weighted by Crippen LogP contribution is 2.40. The van der Waals surface area contributed by atoms with Crippen molar-refractivity contribution in [1.29, 1.82) is 0 Å². The maximum atomic E-state index is 5.49. The molecule has 0 spiro atoms. The van der Waals surface area contributed by atoms with Gasteiger partial charge in [-0.2, -0.15) is 0 Å². The Labute approximate surface area is 169 Å². The van der Waals surface area contributed by atoms with Crippen molar-refractivity contribution in [3.63, 3.8) is 0 Å². The summed E-state index contributed by atoms with van der Waals surface area (Å²) in [6.07, 6.45) is 4.22. The van der Waals surface area contributed by atoms with Crippen molar-refractivity contribution < 1.29 is 9.47 Å². The van der Waals surface area contributed by atoms with Gasteiger partial charge < -0.3 is 19.4 Å². The van der Waals surface area contributed by atoms with Gasteiger partial charge >= 0.3 is 0 Å². The van der Waals surface area contributed by atoms with E-state index in [2.05, 4.69) is 77.0 Å². The zero-order valence-electron chi connectivity index (χ0n) is 16.4. The quantitative estimate of drug-likeness (QED) is 0.401. The summed E-state index contributed by atoms with van der Waals surface area (Å²) in [6, 6.07) is 22.9. The lowest BCUT2D eigenvalue weighted by Gasteiger charge is -2.17. The molecule has 0 unspecified atom stereocenters. The van der Waals surface area contributed by atoms with Gasteiger partial charge in [-0.1, -0.05) is 30.3 Å². The zero-order chi connectivity index (χ0) is 19.8. The van der Waals surface area contributed by atoms with Crippen LogP contribution in [0.15, 0.2) is 79.1 Å². The Balaban J connectivity index is 1.78. The Bertz CT molecular complexity index is 1200. The lowest BCUT2D eigenvalue weighted by Crippen LogP contribution is -2.02. The number of ether oxygens (including phenoxy) is 2. The number of aromatic amines is 2. The lowest BCUT2D eigenvalue weighted by molar-refractivity contribution is 0.415. The molecule has 5 rings (SSSR count). The van der Waals surface area contributed by atoms with Gasteiger partial charge in [0.1, 0.15) is 11.5 Å². The van der Waals surface area contributed by atoms with E-state index in [9.17, 15) is 0 Å². The third-order valence-corrected chi connectivity index (χ3v) is 5.60. The van der Waals surface area contributed by atoms with E-state index in [1.807, 2.05) is 12.1 Å². The molecule has 4 heteroatoms. The summed E-state index contributed by atoms with van der Waals surface area (Å²) < 4.78 is 11.0. The molecule has 0 saturated heterocycles. The van der Waals surface area contributed by atoms with Crippen molar-refractivity contribution in [3.05, 3.63) is 95.8 Å². The van der Waals surface area contributed by atoms with Crippen molar-refractivity contribution in [2.45, 2.75) is 5.92 Å². The molecule has 0 aliphatic carbocycles. The molecular weight excluding hydrogens is 360 g/mol. The maximum Gasteiger partial charge on any atom is 0.119 e. The molecule has 0 bridgehead atoms. The van der Waals surface area contributed by atoms with E-state index in [1.54, 1.807) is 14.2 Å². The third kappa shape index (κ3) is 2.93. The van der Waals surface area contributed by atoms with Gasteiger partial charge in [-0.15, -0.1) is 0 Å². The van der Waals surface area contributed by atoms with Crippen molar-refractivity contribution in [1.82, 2.24) is 9.97 Å². The number of fused-ring (bicyclic) bond motifs is 2. The van der Waals surface area contributed by atoms with E-state index >= 15 is 0 Å². The summed E-state index contributed by atoms with van der Waals surface area (Å²) in [4.78, 5) is 6.86. The van der Waals surface area contributed by atoms with E-state index in [-0.39, 0.29) is 5.92 Å². The lowest BCUT2D eigenvalue weighted by atomic mass is 9.85. The first-order valence-corrected chi connectivity index (χ1v) is 9.63. The van der Waals surface area contributed by atoms with Crippen LogP contribution in [0, 0.1) is 0 Å². The molecule has 0 aliphatic rings. The molecule has 0 radical (unpaired) electrons. The number of hydrogen-bond donors (Lipinski definition) is 2. The van der Waals surface area contributed by atoms with Crippen LogP contribution >= 0.6 is 0 Å². The predicted molar refractivity (Wildman–Crippen MR) is 117 cm³/mol. The van der Waals surface area contributed by atoms with Crippen LogP contribution in [-0.4, -0.2) is 24.2 Å². The largest absolute Gasteiger partial charge is 0.497 e. The van der Waals surface area contributed by atoms with Crippen molar-refractivity contribution in [3.8, 4) is 11.5 Å². The second-order valence-corrected chi connectivity index (χ2v) is 7.15. The Morgan fingerprint density at radius 2 is 1.17 bits per heavy atom. The number of H-pyrrole nitrogens is 2. The standard InChI is InChI=1S/C25H22N2O2/c1-28-17-8-10-23-19(12-17)21(14-26-23)25(16-6-4-3-5-7-16)22-15-27-24-11-9-18(29-2)13-20(22)24/h3-15,25-27H,1-2H3. The van der Waals surface area contributed by atoms with Gasteiger partial charge in [-0.3, -0.25) is 0 Å². The molecule has 4 nitrogen and oxygen atoms in total. The zero-order valence-corrected chi connectivity index (χ0v) is 16.4. The van der Waals surface area contributed by atoms with Crippen molar-refractivity contribution >= 4 is 21.8 Å². The van der Waals surface area contributed by atoms with Crippen LogP contribution in [0.3, 0.4) is 0 Å². The van der Waals surface area contributed by atoms with Crippen LogP contribution in [-0.2, 0) is 0 Å². The van der Waals surface area contributed by atoms with Gasteiger partial charge in [0.25, 0.3) is 0 Å².